The van der Waals surface area contributed by atoms with Gasteiger partial charge >= 0.3 is 0 Å². The van der Waals surface area contributed by atoms with E-state index >= 15 is 0 Å². The summed E-state index contributed by atoms with van der Waals surface area (Å²) in [5, 5.41) is 12.9. The van der Waals surface area contributed by atoms with Crippen LogP contribution in [-0.2, 0) is 4.74 Å². The third kappa shape index (κ3) is 2.29. The van der Waals surface area contributed by atoms with Crippen LogP contribution in [0, 0.1) is 11.3 Å². The molecule has 158 valence electrons. The number of benzene rings is 1. The molecule has 3 heteroatoms. The summed E-state index contributed by atoms with van der Waals surface area (Å²) in [6.07, 6.45) is 18.7. The molecule has 31 heavy (non-hydrogen) atoms. The predicted molar refractivity (Wildman–Crippen MR) is 122 cm³/mol. The lowest BCUT2D eigenvalue weighted by molar-refractivity contribution is -0.135. The van der Waals surface area contributed by atoms with Crippen LogP contribution >= 0.6 is 0 Å². The molecule has 2 fully saturated rings. The van der Waals surface area contributed by atoms with Crippen molar-refractivity contribution in [2.45, 2.75) is 68.7 Å². The minimum Gasteiger partial charge on any atom is -0.389 e. The summed E-state index contributed by atoms with van der Waals surface area (Å²) in [4.78, 5) is 4.35. The fourth-order valence-electron chi connectivity index (χ4n) is 7.91. The number of nitrogens with zero attached hydrogens (tertiary/aromatic N) is 1. The van der Waals surface area contributed by atoms with Crippen LogP contribution in [0.15, 0.2) is 72.1 Å². The number of allylic oxidation sites excluding steroid dienone is 1. The zero-order valence-corrected chi connectivity index (χ0v) is 18.1. The van der Waals surface area contributed by atoms with Crippen molar-refractivity contribution < 1.29 is 9.84 Å². The normalized spacial score (nSPS) is 42.6. The first-order valence-corrected chi connectivity index (χ1v) is 11.9. The molecule has 7 rings (SSSR count). The molecule has 1 aromatic carbocycles. The van der Waals surface area contributed by atoms with Crippen LogP contribution in [0.3, 0.4) is 0 Å². The molecule has 6 atom stereocenters. The van der Waals surface area contributed by atoms with Crippen LogP contribution in [0.2, 0.25) is 0 Å². The molecule has 2 spiro atoms. The number of aromatic nitrogens is 1. The lowest BCUT2D eigenvalue weighted by Gasteiger charge is -2.53. The lowest BCUT2D eigenvalue weighted by Crippen LogP contribution is -2.53. The second-order valence-electron chi connectivity index (χ2n) is 10.8. The van der Waals surface area contributed by atoms with Gasteiger partial charge in [0.05, 0.1) is 17.3 Å². The van der Waals surface area contributed by atoms with Crippen molar-refractivity contribution >= 4 is 10.8 Å². The van der Waals surface area contributed by atoms with E-state index in [0.717, 1.165) is 19.3 Å². The average molecular weight is 412 g/mol. The first-order valence-electron chi connectivity index (χ1n) is 11.9. The summed E-state index contributed by atoms with van der Waals surface area (Å²) in [5.74, 6) is 1.06. The van der Waals surface area contributed by atoms with Gasteiger partial charge in [-0.25, -0.2) is 0 Å². The third-order valence-corrected chi connectivity index (χ3v) is 9.37. The molecule has 2 unspecified atom stereocenters. The van der Waals surface area contributed by atoms with E-state index in [4.69, 9.17) is 4.74 Å². The second kappa shape index (κ2) is 5.96. The van der Waals surface area contributed by atoms with Crippen molar-refractivity contribution in [2.75, 3.05) is 0 Å². The van der Waals surface area contributed by atoms with Crippen LogP contribution in [0.1, 0.15) is 56.9 Å². The van der Waals surface area contributed by atoms with Gasteiger partial charge < -0.3 is 9.84 Å². The number of rotatable bonds is 1. The zero-order valence-electron chi connectivity index (χ0n) is 18.1. The Balaban J connectivity index is 1.32. The van der Waals surface area contributed by atoms with Crippen molar-refractivity contribution in [3.05, 3.63) is 77.7 Å². The van der Waals surface area contributed by atoms with Gasteiger partial charge in [0.25, 0.3) is 0 Å². The maximum absolute atomic E-state index is 10.4. The fraction of sp³-hybridized carbons (Fsp3) is 0.464. The standard InChI is InChI=1S/C28H29NO2/c1-26-10-8-22-15-21-4-5-23(30)16-27(21)11-12-28(22,31-27)25(26)7-6-24(26)19-3-2-18-9-13-29-17-20(18)14-19/h2-5,8-9,13-15,17,23-25,30H,6-7,10-12,16H2,1H3/t23-,24?,25-,26-,27-,28?/m1/s1. The maximum atomic E-state index is 10.4. The van der Waals surface area contributed by atoms with E-state index < -0.39 is 6.10 Å². The smallest absolute Gasteiger partial charge is 0.0975 e. The van der Waals surface area contributed by atoms with Crippen LogP contribution < -0.4 is 0 Å². The van der Waals surface area contributed by atoms with E-state index in [-0.39, 0.29) is 16.6 Å². The van der Waals surface area contributed by atoms with Crippen molar-refractivity contribution in [3.8, 4) is 0 Å². The fourth-order valence-corrected chi connectivity index (χ4v) is 7.91. The number of ether oxygens (including phenoxy) is 1. The molecule has 2 aliphatic heterocycles. The van der Waals surface area contributed by atoms with E-state index in [0.29, 0.717) is 18.3 Å². The SMILES string of the molecule is C[C@]12CC=C3C=C4C=C[C@@H](O)C[C@]45CCC3(O5)[C@@H]1CCC2c1ccc2ccncc2c1. The molecule has 1 aromatic heterocycles. The number of aliphatic hydroxyl groups is 1. The molecular formula is C28H29NO2. The van der Waals surface area contributed by atoms with Crippen LogP contribution in [0.4, 0.5) is 0 Å². The Morgan fingerprint density at radius 1 is 1.10 bits per heavy atom. The summed E-state index contributed by atoms with van der Waals surface area (Å²) in [6, 6.07) is 9.07. The van der Waals surface area contributed by atoms with Crippen molar-refractivity contribution in [2.24, 2.45) is 11.3 Å². The molecule has 3 nitrogen and oxygen atoms in total. The number of pyridine rings is 1. The molecule has 1 N–H and O–H groups in total. The Morgan fingerprint density at radius 3 is 2.97 bits per heavy atom. The van der Waals surface area contributed by atoms with Crippen molar-refractivity contribution in [1.29, 1.82) is 0 Å². The number of hydrogen-bond donors (Lipinski definition) is 1. The maximum Gasteiger partial charge on any atom is 0.0975 e. The Bertz CT molecular complexity index is 1190. The first-order chi connectivity index (χ1) is 15.0. The summed E-state index contributed by atoms with van der Waals surface area (Å²) in [6.45, 7) is 2.51. The minimum atomic E-state index is -0.393. The Kier molecular flexibility index (Phi) is 3.53. The van der Waals surface area contributed by atoms with E-state index in [1.807, 2.05) is 18.5 Å². The summed E-state index contributed by atoms with van der Waals surface area (Å²) in [5.41, 5.74) is 3.87. The van der Waals surface area contributed by atoms with Crippen LogP contribution in [0.5, 0.6) is 0 Å². The molecule has 0 radical (unpaired) electrons. The van der Waals surface area contributed by atoms with Crippen molar-refractivity contribution in [3.63, 3.8) is 0 Å². The molecule has 2 aromatic rings. The highest BCUT2D eigenvalue weighted by atomic mass is 16.5. The third-order valence-electron chi connectivity index (χ3n) is 9.37. The molecule has 1 saturated carbocycles. The van der Waals surface area contributed by atoms with E-state index in [9.17, 15) is 5.11 Å². The van der Waals surface area contributed by atoms with Gasteiger partial charge in [-0.3, -0.25) is 4.98 Å². The van der Waals surface area contributed by atoms with Crippen LogP contribution in [0.25, 0.3) is 10.8 Å². The topological polar surface area (TPSA) is 42.4 Å². The van der Waals surface area contributed by atoms with E-state index in [1.165, 1.54) is 40.3 Å². The highest BCUT2D eigenvalue weighted by Crippen LogP contribution is 2.68. The summed E-state index contributed by atoms with van der Waals surface area (Å²) in [7, 11) is 0. The van der Waals surface area contributed by atoms with E-state index in [2.05, 4.69) is 54.4 Å². The molecular weight excluding hydrogens is 382 g/mol. The molecule has 3 aliphatic carbocycles. The molecule has 1 saturated heterocycles. The van der Waals surface area contributed by atoms with Gasteiger partial charge in [-0.1, -0.05) is 43.4 Å². The van der Waals surface area contributed by atoms with Gasteiger partial charge in [-0.15, -0.1) is 0 Å². The van der Waals surface area contributed by atoms with Crippen LogP contribution in [-0.4, -0.2) is 27.4 Å². The van der Waals surface area contributed by atoms with Gasteiger partial charge in [0.15, 0.2) is 0 Å². The lowest BCUT2D eigenvalue weighted by atomic mass is 9.58. The molecule has 0 amide bonds. The number of fused-ring (bicyclic) bond motifs is 2. The Hall–Kier alpha value is -2.23. The zero-order chi connectivity index (χ0) is 20.8. The predicted octanol–water partition coefficient (Wildman–Crippen LogP) is 5.61. The number of aliphatic hydroxyl groups excluding tert-OH is 1. The summed E-state index contributed by atoms with van der Waals surface area (Å²) < 4.78 is 7.13. The Morgan fingerprint density at radius 2 is 2.03 bits per heavy atom. The highest BCUT2D eigenvalue weighted by Gasteiger charge is 2.66. The summed E-state index contributed by atoms with van der Waals surface area (Å²) >= 11 is 0. The monoisotopic (exact) mass is 411 g/mol. The van der Waals surface area contributed by atoms with Gasteiger partial charge in [0, 0.05) is 24.2 Å². The van der Waals surface area contributed by atoms with Gasteiger partial charge in [0.2, 0.25) is 0 Å². The minimum absolute atomic E-state index is 0.172. The number of hydrogen-bond acceptors (Lipinski definition) is 3. The molecule has 5 aliphatic rings. The second-order valence-corrected chi connectivity index (χ2v) is 10.8. The first kappa shape index (κ1) is 18.4. The van der Waals surface area contributed by atoms with Gasteiger partial charge in [-0.2, -0.15) is 0 Å². The van der Waals surface area contributed by atoms with E-state index in [1.54, 1.807) is 0 Å². The quantitative estimate of drug-likeness (QED) is 0.663. The van der Waals surface area contributed by atoms with Gasteiger partial charge in [0.1, 0.15) is 0 Å². The van der Waals surface area contributed by atoms with Gasteiger partial charge in [-0.05, 0) is 83.6 Å². The highest BCUT2D eigenvalue weighted by molar-refractivity contribution is 5.82. The molecule has 2 bridgehead atoms. The van der Waals surface area contributed by atoms with Crippen molar-refractivity contribution in [1.82, 2.24) is 4.98 Å². The average Bonchev–Trinajstić information content (AvgIpc) is 3.28. The largest absolute Gasteiger partial charge is 0.389 e. The Labute approximate surface area is 183 Å². The molecule has 3 heterocycles.